The second-order valence-corrected chi connectivity index (χ2v) is 4.72. The molecule has 19 heavy (non-hydrogen) atoms. The fourth-order valence-electron chi connectivity index (χ4n) is 2.26. The minimum atomic E-state index is 0.00468. The van der Waals surface area contributed by atoms with Crippen LogP contribution in [-0.2, 0) is 11.2 Å². The maximum Gasteiger partial charge on any atom is 0.224 e. The molecule has 3 N–H and O–H groups in total. The van der Waals surface area contributed by atoms with Gasteiger partial charge in [-0.05, 0) is 24.5 Å². The van der Waals surface area contributed by atoms with Gasteiger partial charge < -0.3 is 15.4 Å². The molecule has 102 valence electrons. The fourth-order valence-corrected chi connectivity index (χ4v) is 2.26. The van der Waals surface area contributed by atoms with Gasteiger partial charge in [-0.2, -0.15) is 0 Å². The predicted molar refractivity (Wildman–Crippen MR) is 75.9 cm³/mol. The summed E-state index contributed by atoms with van der Waals surface area (Å²) in [5, 5.41) is 13.0. The first-order valence-corrected chi connectivity index (χ1v) is 6.69. The third-order valence-corrected chi connectivity index (χ3v) is 3.36. The molecule has 1 unspecified atom stereocenters. The van der Waals surface area contributed by atoms with Crippen molar-refractivity contribution in [2.75, 3.05) is 6.61 Å². The Balaban J connectivity index is 2.02. The minimum absolute atomic E-state index is 0.00468. The Morgan fingerprint density at radius 3 is 2.95 bits per heavy atom. The number of aromatic amines is 1. The molecular formula is C15H20N2O2. The summed E-state index contributed by atoms with van der Waals surface area (Å²) in [5.41, 5.74) is 2.06. The van der Waals surface area contributed by atoms with Crippen LogP contribution in [-0.4, -0.2) is 28.6 Å². The lowest BCUT2D eigenvalue weighted by molar-refractivity contribution is -0.121. The summed E-state index contributed by atoms with van der Waals surface area (Å²) < 4.78 is 0. The van der Waals surface area contributed by atoms with Crippen LogP contribution >= 0.6 is 0 Å². The van der Waals surface area contributed by atoms with Gasteiger partial charge >= 0.3 is 0 Å². The number of rotatable bonds is 6. The first kappa shape index (κ1) is 13.6. The van der Waals surface area contributed by atoms with Crippen molar-refractivity contribution < 1.29 is 9.90 Å². The number of para-hydroxylation sites is 1. The zero-order valence-corrected chi connectivity index (χ0v) is 11.1. The molecule has 0 fully saturated rings. The summed E-state index contributed by atoms with van der Waals surface area (Å²) in [6.07, 6.45) is 3.69. The van der Waals surface area contributed by atoms with Crippen molar-refractivity contribution in [3.8, 4) is 0 Å². The Morgan fingerprint density at radius 2 is 2.21 bits per heavy atom. The highest BCUT2D eigenvalue weighted by Gasteiger charge is 2.12. The number of aromatic nitrogens is 1. The van der Waals surface area contributed by atoms with Gasteiger partial charge in [-0.1, -0.05) is 25.1 Å². The topological polar surface area (TPSA) is 65.1 Å². The zero-order valence-electron chi connectivity index (χ0n) is 11.1. The van der Waals surface area contributed by atoms with Gasteiger partial charge in [0.15, 0.2) is 0 Å². The number of carbonyl (C=O) groups excluding carboxylic acids is 1. The summed E-state index contributed by atoms with van der Waals surface area (Å²) in [7, 11) is 0. The van der Waals surface area contributed by atoms with E-state index in [1.54, 1.807) is 0 Å². The Kier molecular flexibility index (Phi) is 4.58. The molecule has 2 rings (SSSR count). The summed E-state index contributed by atoms with van der Waals surface area (Å²) in [5.74, 6) is 0.00468. The third-order valence-electron chi connectivity index (χ3n) is 3.36. The van der Waals surface area contributed by atoms with Gasteiger partial charge in [0, 0.05) is 29.7 Å². The van der Waals surface area contributed by atoms with Gasteiger partial charge in [-0.3, -0.25) is 4.79 Å². The van der Waals surface area contributed by atoms with Crippen LogP contribution in [0.2, 0.25) is 0 Å². The van der Waals surface area contributed by atoms with Crippen molar-refractivity contribution in [1.29, 1.82) is 0 Å². The lowest BCUT2D eigenvalue weighted by Crippen LogP contribution is -2.36. The normalized spacial score (nSPS) is 12.5. The largest absolute Gasteiger partial charge is 0.396 e. The molecule has 0 aliphatic heterocycles. The van der Waals surface area contributed by atoms with Gasteiger partial charge in [-0.25, -0.2) is 0 Å². The first-order chi connectivity index (χ1) is 9.24. The second-order valence-electron chi connectivity index (χ2n) is 4.72. The highest BCUT2D eigenvalue weighted by atomic mass is 16.3. The molecule has 1 aromatic heterocycles. The number of hydrogen-bond donors (Lipinski definition) is 3. The zero-order chi connectivity index (χ0) is 13.7. The molecule has 2 aromatic rings. The highest BCUT2D eigenvalue weighted by molar-refractivity contribution is 5.88. The number of benzene rings is 1. The Labute approximate surface area is 112 Å². The van der Waals surface area contributed by atoms with Crippen molar-refractivity contribution in [2.45, 2.75) is 32.2 Å². The molecule has 0 aliphatic rings. The number of fused-ring (bicyclic) bond motifs is 1. The Hall–Kier alpha value is -1.81. The summed E-state index contributed by atoms with van der Waals surface area (Å²) in [6, 6.07) is 8.01. The molecule has 0 saturated heterocycles. The van der Waals surface area contributed by atoms with Crippen molar-refractivity contribution in [3.63, 3.8) is 0 Å². The smallest absolute Gasteiger partial charge is 0.224 e. The minimum Gasteiger partial charge on any atom is -0.396 e. The maximum atomic E-state index is 12.0. The van der Waals surface area contributed by atoms with E-state index in [0.717, 1.165) is 22.9 Å². The van der Waals surface area contributed by atoms with Crippen LogP contribution in [0.5, 0.6) is 0 Å². The third kappa shape index (κ3) is 3.35. The van der Waals surface area contributed by atoms with Crippen molar-refractivity contribution >= 4 is 16.8 Å². The lowest BCUT2D eigenvalue weighted by atomic mass is 10.1. The van der Waals surface area contributed by atoms with Crippen LogP contribution < -0.4 is 5.32 Å². The second kappa shape index (κ2) is 6.38. The average molecular weight is 260 g/mol. The molecule has 4 heteroatoms. The number of aliphatic hydroxyl groups excluding tert-OH is 1. The number of carbonyl (C=O) groups is 1. The predicted octanol–water partition coefficient (Wildman–Crippen LogP) is 1.99. The number of H-pyrrole nitrogens is 1. The molecule has 0 saturated carbocycles. The molecule has 0 radical (unpaired) electrons. The Morgan fingerprint density at radius 1 is 1.42 bits per heavy atom. The standard InChI is InChI=1S/C15H20N2O2/c1-2-12(7-8-18)17-15(19)9-11-10-16-14-6-4-3-5-13(11)14/h3-6,10,12,16,18H,2,7-9H2,1H3,(H,17,19). The molecule has 0 bridgehead atoms. The quantitative estimate of drug-likeness (QED) is 0.743. The van der Waals surface area contributed by atoms with Gasteiger partial charge in [0.2, 0.25) is 5.91 Å². The van der Waals surface area contributed by atoms with E-state index < -0.39 is 0 Å². The van der Waals surface area contributed by atoms with Gasteiger partial charge in [0.05, 0.1) is 6.42 Å². The molecular weight excluding hydrogens is 240 g/mol. The molecule has 1 aromatic carbocycles. The number of nitrogens with one attached hydrogen (secondary N) is 2. The van der Waals surface area contributed by atoms with E-state index in [2.05, 4.69) is 10.3 Å². The van der Waals surface area contributed by atoms with E-state index >= 15 is 0 Å². The summed E-state index contributed by atoms with van der Waals surface area (Å²) >= 11 is 0. The number of amides is 1. The van der Waals surface area contributed by atoms with Crippen LogP contribution in [0.1, 0.15) is 25.3 Å². The van der Waals surface area contributed by atoms with Crippen molar-refractivity contribution in [3.05, 3.63) is 36.0 Å². The van der Waals surface area contributed by atoms with E-state index in [4.69, 9.17) is 5.11 Å². The van der Waals surface area contributed by atoms with Crippen LogP contribution in [0.3, 0.4) is 0 Å². The molecule has 4 nitrogen and oxygen atoms in total. The summed E-state index contributed by atoms with van der Waals surface area (Å²) in [4.78, 5) is 15.2. The highest BCUT2D eigenvalue weighted by Crippen LogP contribution is 2.18. The van der Waals surface area contributed by atoms with E-state index in [1.165, 1.54) is 0 Å². The first-order valence-electron chi connectivity index (χ1n) is 6.69. The van der Waals surface area contributed by atoms with E-state index in [0.29, 0.717) is 12.8 Å². The molecule has 0 spiro atoms. The molecule has 1 atom stereocenters. The van der Waals surface area contributed by atoms with Crippen LogP contribution in [0.15, 0.2) is 30.5 Å². The van der Waals surface area contributed by atoms with Crippen LogP contribution in [0.25, 0.3) is 10.9 Å². The molecule has 1 heterocycles. The summed E-state index contributed by atoms with van der Waals surface area (Å²) in [6.45, 7) is 2.11. The van der Waals surface area contributed by atoms with E-state index in [9.17, 15) is 4.79 Å². The van der Waals surface area contributed by atoms with E-state index in [-0.39, 0.29) is 18.6 Å². The maximum absolute atomic E-state index is 12.0. The van der Waals surface area contributed by atoms with Gasteiger partial charge in [0.1, 0.15) is 0 Å². The van der Waals surface area contributed by atoms with E-state index in [1.807, 2.05) is 37.4 Å². The monoisotopic (exact) mass is 260 g/mol. The Bertz CT molecular complexity index is 548. The lowest BCUT2D eigenvalue weighted by Gasteiger charge is -2.15. The van der Waals surface area contributed by atoms with Crippen LogP contribution in [0.4, 0.5) is 0 Å². The molecule has 1 amide bonds. The van der Waals surface area contributed by atoms with Gasteiger partial charge in [-0.15, -0.1) is 0 Å². The average Bonchev–Trinajstić information content (AvgIpc) is 2.82. The number of hydrogen-bond acceptors (Lipinski definition) is 2. The van der Waals surface area contributed by atoms with Crippen molar-refractivity contribution in [2.24, 2.45) is 0 Å². The van der Waals surface area contributed by atoms with Crippen LogP contribution in [0, 0.1) is 0 Å². The SMILES string of the molecule is CCC(CCO)NC(=O)Cc1c[nH]c2ccccc12. The van der Waals surface area contributed by atoms with Gasteiger partial charge in [0.25, 0.3) is 0 Å². The molecule has 0 aliphatic carbocycles. The fraction of sp³-hybridized carbons (Fsp3) is 0.400. The van der Waals surface area contributed by atoms with Crippen molar-refractivity contribution in [1.82, 2.24) is 10.3 Å². The number of aliphatic hydroxyl groups is 1.